The van der Waals surface area contributed by atoms with Crippen molar-refractivity contribution in [2.24, 2.45) is 11.3 Å². The van der Waals surface area contributed by atoms with Gasteiger partial charge in [-0.2, -0.15) is 0 Å². The first-order valence-electron chi connectivity index (χ1n) is 7.50. The number of nitrogens with one attached hydrogen (secondary N) is 1. The number of amides is 1. The predicted octanol–water partition coefficient (Wildman–Crippen LogP) is 2.14. The topological polar surface area (TPSA) is 46.9 Å². The van der Waals surface area contributed by atoms with E-state index in [4.69, 9.17) is 0 Å². The third kappa shape index (κ3) is 2.67. The second-order valence-corrected chi connectivity index (χ2v) is 6.17. The molecular formula is C15H23N3O. The lowest BCUT2D eigenvalue weighted by molar-refractivity contribution is -0.127. The number of carbonyl (C=O) groups excluding carboxylic acids is 1. The maximum Gasteiger partial charge on any atom is 0.223 e. The van der Waals surface area contributed by atoms with Gasteiger partial charge in [-0.15, -0.1) is 0 Å². The van der Waals surface area contributed by atoms with Crippen molar-refractivity contribution >= 4 is 5.91 Å². The Morgan fingerprint density at radius 3 is 2.89 bits per heavy atom. The molecule has 0 bridgehead atoms. The summed E-state index contributed by atoms with van der Waals surface area (Å²) in [6.45, 7) is 3.97. The number of hydrogen-bond acceptors (Lipinski definition) is 2. The molecule has 19 heavy (non-hydrogen) atoms. The Balaban J connectivity index is 1.53. The zero-order chi connectivity index (χ0) is 13.3. The van der Waals surface area contributed by atoms with Gasteiger partial charge >= 0.3 is 0 Å². The van der Waals surface area contributed by atoms with Gasteiger partial charge in [0.25, 0.3) is 0 Å². The molecule has 104 valence electrons. The first kappa shape index (κ1) is 12.7. The van der Waals surface area contributed by atoms with E-state index < -0.39 is 0 Å². The van der Waals surface area contributed by atoms with E-state index in [9.17, 15) is 4.79 Å². The minimum Gasteiger partial charge on any atom is -0.355 e. The van der Waals surface area contributed by atoms with Gasteiger partial charge in [0.15, 0.2) is 0 Å². The van der Waals surface area contributed by atoms with Gasteiger partial charge in [0, 0.05) is 43.2 Å². The maximum atomic E-state index is 11.9. The van der Waals surface area contributed by atoms with Gasteiger partial charge in [-0.25, -0.2) is 4.98 Å². The van der Waals surface area contributed by atoms with Crippen LogP contribution in [0.25, 0.3) is 0 Å². The smallest absolute Gasteiger partial charge is 0.223 e. The lowest BCUT2D eigenvalue weighted by Gasteiger charge is -2.26. The van der Waals surface area contributed by atoms with Crippen molar-refractivity contribution in [3.63, 3.8) is 0 Å². The zero-order valence-corrected chi connectivity index (χ0v) is 11.7. The average Bonchev–Trinajstić information content (AvgIpc) is 2.95. The molecule has 2 fully saturated rings. The second-order valence-electron chi connectivity index (χ2n) is 6.17. The maximum absolute atomic E-state index is 11.9. The normalized spacial score (nSPS) is 20.9. The van der Waals surface area contributed by atoms with Crippen LogP contribution in [-0.2, 0) is 17.8 Å². The molecule has 0 saturated heterocycles. The fraction of sp³-hybridized carbons (Fsp3) is 0.733. The lowest BCUT2D eigenvalue weighted by Crippen LogP contribution is -2.38. The van der Waals surface area contributed by atoms with Crippen LogP contribution in [0.5, 0.6) is 0 Å². The molecule has 1 aromatic rings. The van der Waals surface area contributed by atoms with E-state index in [0.717, 1.165) is 38.2 Å². The SMILES string of the molecule is CCc1nccn1CC1(CNC(=O)C2CCC2)CC1. The molecule has 1 aromatic heterocycles. The van der Waals surface area contributed by atoms with E-state index in [0.29, 0.717) is 11.3 Å². The molecule has 0 aliphatic heterocycles. The van der Waals surface area contributed by atoms with E-state index >= 15 is 0 Å². The number of hydrogen-bond donors (Lipinski definition) is 1. The Kier molecular flexibility index (Phi) is 3.33. The standard InChI is InChI=1S/C15H23N3O/c1-2-13-16-8-9-18(13)11-15(6-7-15)10-17-14(19)12-4-3-5-12/h8-9,12H,2-7,10-11H2,1H3,(H,17,19). The van der Waals surface area contributed by atoms with Crippen LogP contribution in [0.2, 0.25) is 0 Å². The average molecular weight is 261 g/mol. The third-order valence-corrected chi connectivity index (χ3v) is 4.69. The van der Waals surface area contributed by atoms with E-state index in [1.807, 2.05) is 6.20 Å². The largest absolute Gasteiger partial charge is 0.355 e. The molecule has 4 nitrogen and oxygen atoms in total. The Hall–Kier alpha value is -1.32. The molecule has 0 spiro atoms. The predicted molar refractivity (Wildman–Crippen MR) is 73.6 cm³/mol. The summed E-state index contributed by atoms with van der Waals surface area (Å²) in [5, 5.41) is 3.16. The van der Waals surface area contributed by atoms with Gasteiger partial charge < -0.3 is 9.88 Å². The van der Waals surface area contributed by atoms with Crippen molar-refractivity contribution in [3.05, 3.63) is 18.2 Å². The number of aryl methyl sites for hydroxylation is 1. The van der Waals surface area contributed by atoms with E-state index in [1.54, 1.807) is 0 Å². The van der Waals surface area contributed by atoms with Crippen molar-refractivity contribution in [1.82, 2.24) is 14.9 Å². The van der Waals surface area contributed by atoms with E-state index in [1.165, 1.54) is 19.3 Å². The minimum absolute atomic E-state index is 0.277. The highest BCUT2D eigenvalue weighted by Crippen LogP contribution is 2.46. The Morgan fingerprint density at radius 1 is 1.53 bits per heavy atom. The van der Waals surface area contributed by atoms with Crippen molar-refractivity contribution in [2.45, 2.75) is 52.0 Å². The number of rotatable bonds is 6. The third-order valence-electron chi connectivity index (χ3n) is 4.69. The lowest BCUT2D eigenvalue weighted by atomic mass is 9.84. The molecule has 4 heteroatoms. The second kappa shape index (κ2) is 4.99. The van der Waals surface area contributed by atoms with Crippen LogP contribution in [0.3, 0.4) is 0 Å². The van der Waals surface area contributed by atoms with Crippen LogP contribution in [0.1, 0.15) is 44.9 Å². The molecule has 3 rings (SSSR count). The van der Waals surface area contributed by atoms with Gasteiger partial charge in [-0.3, -0.25) is 4.79 Å². The van der Waals surface area contributed by atoms with E-state index in [-0.39, 0.29) is 5.91 Å². The Labute approximate surface area is 114 Å². The summed E-state index contributed by atoms with van der Waals surface area (Å²) in [5.41, 5.74) is 0.296. The highest BCUT2D eigenvalue weighted by molar-refractivity contribution is 5.79. The van der Waals surface area contributed by atoms with Crippen molar-refractivity contribution in [2.75, 3.05) is 6.54 Å². The summed E-state index contributed by atoms with van der Waals surface area (Å²) >= 11 is 0. The van der Waals surface area contributed by atoms with Crippen molar-refractivity contribution < 1.29 is 4.79 Å². The van der Waals surface area contributed by atoms with Crippen LogP contribution in [-0.4, -0.2) is 22.0 Å². The van der Waals surface area contributed by atoms with Crippen LogP contribution < -0.4 is 5.32 Å². The van der Waals surface area contributed by atoms with Crippen LogP contribution in [0.4, 0.5) is 0 Å². The summed E-state index contributed by atoms with van der Waals surface area (Å²) < 4.78 is 2.25. The minimum atomic E-state index is 0.277. The highest BCUT2D eigenvalue weighted by atomic mass is 16.1. The van der Waals surface area contributed by atoms with E-state index in [2.05, 4.69) is 28.0 Å². The Bertz CT molecular complexity index is 458. The fourth-order valence-electron chi connectivity index (χ4n) is 2.82. The number of nitrogens with zero attached hydrogens (tertiary/aromatic N) is 2. The zero-order valence-electron chi connectivity index (χ0n) is 11.7. The van der Waals surface area contributed by atoms with Crippen LogP contribution >= 0.6 is 0 Å². The fourth-order valence-corrected chi connectivity index (χ4v) is 2.82. The summed E-state index contributed by atoms with van der Waals surface area (Å²) in [4.78, 5) is 16.3. The first-order chi connectivity index (χ1) is 9.22. The molecule has 2 aliphatic carbocycles. The van der Waals surface area contributed by atoms with Gasteiger partial charge in [-0.1, -0.05) is 13.3 Å². The number of carbonyl (C=O) groups is 1. The molecule has 0 atom stereocenters. The summed E-state index contributed by atoms with van der Waals surface area (Å²) in [6, 6.07) is 0. The first-order valence-corrected chi connectivity index (χ1v) is 7.50. The highest BCUT2D eigenvalue weighted by Gasteiger charge is 2.43. The number of imidazole rings is 1. The summed E-state index contributed by atoms with van der Waals surface area (Å²) in [7, 11) is 0. The molecule has 2 saturated carbocycles. The molecule has 1 heterocycles. The molecule has 1 amide bonds. The van der Waals surface area contributed by atoms with Crippen molar-refractivity contribution in [1.29, 1.82) is 0 Å². The summed E-state index contributed by atoms with van der Waals surface area (Å²) in [6.07, 6.45) is 10.7. The summed E-state index contributed by atoms with van der Waals surface area (Å²) in [5.74, 6) is 1.73. The van der Waals surface area contributed by atoms with Gasteiger partial charge in [0.05, 0.1) is 0 Å². The Morgan fingerprint density at radius 2 is 2.32 bits per heavy atom. The molecule has 0 aromatic carbocycles. The molecule has 1 N–H and O–H groups in total. The van der Waals surface area contributed by atoms with Crippen molar-refractivity contribution in [3.8, 4) is 0 Å². The van der Waals surface area contributed by atoms with Gasteiger partial charge in [0.2, 0.25) is 5.91 Å². The monoisotopic (exact) mass is 261 g/mol. The van der Waals surface area contributed by atoms with Gasteiger partial charge in [-0.05, 0) is 25.7 Å². The molecule has 0 unspecified atom stereocenters. The molecule has 2 aliphatic rings. The molecular weight excluding hydrogens is 238 g/mol. The number of aromatic nitrogens is 2. The van der Waals surface area contributed by atoms with Crippen LogP contribution in [0, 0.1) is 11.3 Å². The molecule has 0 radical (unpaired) electrons. The van der Waals surface area contributed by atoms with Gasteiger partial charge in [0.1, 0.15) is 5.82 Å². The quantitative estimate of drug-likeness (QED) is 0.853. The van der Waals surface area contributed by atoms with Crippen LogP contribution in [0.15, 0.2) is 12.4 Å².